The third-order valence-corrected chi connectivity index (χ3v) is 6.46. The molecule has 0 aromatic carbocycles. The highest BCUT2D eigenvalue weighted by Gasteiger charge is 2.21. The largest absolute Gasteiger partial charge is 0.363 e. The molecule has 4 aromatic heterocycles. The van der Waals surface area contributed by atoms with Crippen LogP contribution in [0.15, 0.2) is 41.3 Å². The molecule has 0 radical (unpaired) electrons. The van der Waals surface area contributed by atoms with Crippen molar-refractivity contribution in [3.8, 4) is 22.3 Å². The Kier molecular flexibility index (Phi) is 5.20. The number of aryl methyl sites for hydroxylation is 2. The summed E-state index contributed by atoms with van der Waals surface area (Å²) in [5.41, 5.74) is 6.46. The zero-order valence-electron chi connectivity index (χ0n) is 18.2. The van der Waals surface area contributed by atoms with Gasteiger partial charge in [-0.1, -0.05) is 24.4 Å². The molecule has 0 bridgehead atoms. The molecule has 1 aliphatic carbocycles. The second kappa shape index (κ2) is 8.18. The van der Waals surface area contributed by atoms with Crippen LogP contribution in [-0.4, -0.2) is 24.6 Å². The molecule has 0 unspecified atom stereocenters. The number of nitro groups is 1. The molecular formula is C24H25N5O3. The van der Waals surface area contributed by atoms with Gasteiger partial charge in [0.05, 0.1) is 16.7 Å². The van der Waals surface area contributed by atoms with E-state index in [4.69, 9.17) is 9.51 Å². The molecule has 32 heavy (non-hydrogen) atoms. The number of rotatable bonds is 5. The first-order valence-corrected chi connectivity index (χ1v) is 11.0. The fraction of sp³-hybridized carbons (Fsp3) is 0.375. The molecule has 0 amide bonds. The number of hydrogen-bond donors (Lipinski definition) is 0. The van der Waals surface area contributed by atoms with E-state index in [2.05, 4.69) is 27.0 Å². The van der Waals surface area contributed by atoms with E-state index in [1.165, 1.54) is 38.2 Å². The van der Waals surface area contributed by atoms with Crippen LogP contribution in [0.25, 0.3) is 33.3 Å². The molecule has 8 nitrogen and oxygen atoms in total. The van der Waals surface area contributed by atoms with E-state index in [0.29, 0.717) is 5.92 Å². The first-order chi connectivity index (χ1) is 15.5. The maximum absolute atomic E-state index is 11.0. The fourth-order valence-electron chi connectivity index (χ4n) is 4.86. The lowest BCUT2D eigenvalue weighted by Crippen LogP contribution is -2.13. The van der Waals surface area contributed by atoms with E-state index >= 15 is 0 Å². The van der Waals surface area contributed by atoms with Crippen LogP contribution in [0.1, 0.15) is 43.6 Å². The molecule has 1 aliphatic rings. The molecule has 0 N–H and O–H groups in total. The topological polar surface area (TPSA) is 99.9 Å². The summed E-state index contributed by atoms with van der Waals surface area (Å²) in [6.45, 7) is 4.78. The highest BCUT2D eigenvalue weighted by molar-refractivity contribution is 5.95. The summed E-state index contributed by atoms with van der Waals surface area (Å²) in [5.74, 6) is 1.26. The maximum Gasteiger partial charge on any atom is 0.363 e. The van der Waals surface area contributed by atoms with Crippen LogP contribution >= 0.6 is 0 Å². The zero-order valence-corrected chi connectivity index (χ0v) is 18.2. The van der Waals surface area contributed by atoms with Crippen molar-refractivity contribution in [2.45, 2.75) is 52.5 Å². The molecule has 0 aliphatic heterocycles. The van der Waals surface area contributed by atoms with Gasteiger partial charge in [0.15, 0.2) is 0 Å². The van der Waals surface area contributed by atoms with Gasteiger partial charge in [0.1, 0.15) is 12.0 Å². The second-order valence-corrected chi connectivity index (χ2v) is 8.65. The van der Waals surface area contributed by atoms with Gasteiger partial charge in [0.25, 0.3) is 0 Å². The zero-order chi connectivity index (χ0) is 22.2. The molecule has 1 fully saturated rings. The molecule has 1 saturated carbocycles. The Morgan fingerprint density at radius 3 is 2.56 bits per heavy atom. The number of hydrogen-bond acceptors (Lipinski definition) is 6. The minimum Gasteiger partial charge on any atom is -0.361 e. The lowest BCUT2D eigenvalue weighted by molar-refractivity contribution is -0.389. The van der Waals surface area contributed by atoms with Gasteiger partial charge in [-0.3, -0.25) is 4.98 Å². The Bertz CT molecular complexity index is 1260. The Balaban J connectivity index is 1.63. The summed E-state index contributed by atoms with van der Waals surface area (Å²) in [6.07, 6.45) is 11.9. The number of nitrogens with zero attached hydrogens (tertiary/aromatic N) is 5. The first kappa shape index (κ1) is 20.4. The Labute approximate surface area is 185 Å². The van der Waals surface area contributed by atoms with Crippen molar-refractivity contribution < 1.29 is 9.45 Å². The van der Waals surface area contributed by atoms with E-state index in [1.54, 1.807) is 12.3 Å². The van der Waals surface area contributed by atoms with Crippen molar-refractivity contribution >= 4 is 16.9 Å². The Morgan fingerprint density at radius 1 is 1.12 bits per heavy atom. The van der Waals surface area contributed by atoms with Crippen LogP contribution in [0.2, 0.25) is 0 Å². The van der Waals surface area contributed by atoms with Gasteiger partial charge in [-0.05, 0) is 54.6 Å². The molecular weight excluding hydrogens is 406 g/mol. The summed E-state index contributed by atoms with van der Waals surface area (Å²) in [7, 11) is 0. The van der Waals surface area contributed by atoms with Crippen molar-refractivity contribution in [3.63, 3.8) is 0 Å². The van der Waals surface area contributed by atoms with Crippen LogP contribution in [-0.2, 0) is 6.54 Å². The third kappa shape index (κ3) is 3.66. The summed E-state index contributed by atoms with van der Waals surface area (Å²) in [6, 6.07) is 5.34. The van der Waals surface area contributed by atoms with Gasteiger partial charge >= 0.3 is 5.82 Å². The van der Waals surface area contributed by atoms with Gasteiger partial charge in [0, 0.05) is 47.3 Å². The van der Waals surface area contributed by atoms with E-state index in [9.17, 15) is 10.1 Å². The summed E-state index contributed by atoms with van der Waals surface area (Å²) >= 11 is 0. The van der Waals surface area contributed by atoms with Crippen molar-refractivity contribution in [2.24, 2.45) is 5.92 Å². The lowest BCUT2D eigenvalue weighted by Gasteiger charge is -2.22. The Morgan fingerprint density at radius 2 is 1.91 bits per heavy atom. The van der Waals surface area contributed by atoms with Crippen molar-refractivity contribution in [1.82, 2.24) is 19.7 Å². The Hall–Kier alpha value is -3.55. The van der Waals surface area contributed by atoms with E-state index in [0.717, 1.165) is 51.3 Å². The molecule has 0 atom stereocenters. The lowest BCUT2D eigenvalue weighted by atomic mass is 9.89. The minimum atomic E-state index is -0.482. The highest BCUT2D eigenvalue weighted by atomic mass is 16.6. The third-order valence-electron chi connectivity index (χ3n) is 6.46. The van der Waals surface area contributed by atoms with Gasteiger partial charge in [-0.2, -0.15) is 0 Å². The van der Waals surface area contributed by atoms with E-state index in [1.807, 2.05) is 20.0 Å². The molecule has 164 valence electrons. The number of pyridine rings is 2. The normalized spacial score (nSPS) is 14.8. The highest BCUT2D eigenvalue weighted by Crippen LogP contribution is 2.35. The van der Waals surface area contributed by atoms with Crippen LogP contribution in [0.5, 0.6) is 0 Å². The van der Waals surface area contributed by atoms with Crippen LogP contribution in [0.4, 0.5) is 5.82 Å². The average molecular weight is 431 g/mol. The maximum atomic E-state index is 11.0. The van der Waals surface area contributed by atoms with E-state index in [-0.39, 0.29) is 5.82 Å². The van der Waals surface area contributed by atoms with Crippen LogP contribution in [0.3, 0.4) is 0 Å². The molecule has 5 rings (SSSR count). The SMILES string of the molecule is Cc1noc(C)c1-c1cnc2c(-c3ccc([N+](=O)[O-])nc3)cn(CC3CCCCC3)c2c1. The molecule has 8 heteroatoms. The van der Waals surface area contributed by atoms with Gasteiger partial charge in [-0.15, -0.1) is 0 Å². The predicted octanol–water partition coefficient (Wildman–Crippen LogP) is 5.86. The molecule has 4 aromatic rings. The number of fused-ring (bicyclic) bond motifs is 1. The molecule has 0 saturated heterocycles. The summed E-state index contributed by atoms with van der Waals surface area (Å²) in [5, 5.41) is 15.1. The minimum absolute atomic E-state index is 0.159. The van der Waals surface area contributed by atoms with Crippen LogP contribution < -0.4 is 0 Å². The van der Waals surface area contributed by atoms with Crippen LogP contribution in [0, 0.1) is 29.9 Å². The summed E-state index contributed by atoms with van der Waals surface area (Å²) < 4.78 is 7.66. The number of aromatic nitrogens is 4. The van der Waals surface area contributed by atoms with Crippen molar-refractivity contribution in [2.75, 3.05) is 0 Å². The molecule has 4 heterocycles. The predicted molar refractivity (Wildman–Crippen MR) is 121 cm³/mol. The van der Waals surface area contributed by atoms with Gasteiger partial charge in [0.2, 0.25) is 0 Å². The molecule has 0 spiro atoms. The average Bonchev–Trinajstić information content (AvgIpc) is 3.33. The van der Waals surface area contributed by atoms with E-state index < -0.39 is 4.92 Å². The first-order valence-electron chi connectivity index (χ1n) is 11.0. The smallest absolute Gasteiger partial charge is 0.361 e. The second-order valence-electron chi connectivity index (χ2n) is 8.65. The van der Waals surface area contributed by atoms with Crippen molar-refractivity contribution in [3.05, 3.63) is 58.4 Å². The summed E-state index contributed by atoms with van der Waals surface area (Å²) in [4.78, 5) is 19.3. The quantitative estimate of drug-likeness (QED) is 0.290. The van der Waals surface area contributed by atoms with Gasteiger partial charge < -0.3 is 19.2 Å². The van der Waals surface area contributed by atoms with Crippen molar-refractivity contribution in [1.29, 1.82) is 0 Å². The van der Waals surface area contributed by atoms with Gasteiger partial charge in [-0.25, -0.2) is 0 Å². The monoisotopic (exact) mass is 431 g/mol. The standard InChI is InChI=1S/C24H25N5O3/c1-15-23(16(2)32-27-15)19-10-21-24(26-12-19)20(18-8-9-22(25-11-18)29(30)31)14-28(21)13-17-6-4-3-5-7-17/h8-12,14,17H,3-7,13H2,1-2H3. The fourth-order valence-corrected chi connectivity index (χ4v) is 4.86.